The van der Waals surface area contributed by atoms with Crippen molar-refractivity contribution >= 4 is 5.97 Å². The summed E-state index contributed by atoms with van der Waals surface area (Å²) in [6.45, 7) is 19.8. The average Bonchev–Trinajstić information content (AvgIpc) is 2.38. The van der Waals surface area contributed by atoms with Crippen LogP contribution < -0.4 is 0 Å². The van der Waals surface area contributed by atoms with Crippen molar-refractivity contribution in [2.45, 2.75) is 58.3 Å². The molecule has 2 unspecified atom stereocenters. The van der Waals surface area contributed by atoms with Crippen molar-refractivity contribution in [3.05, 3.63) is 24.3 Å². The molecule has 2 heterocycles. The highest BCUT2D eigenvalue weighted by Gasteiger charge is 2.71. The van der Waals surface area contributed by atoms with Gasteiger partial charge in [0.1, 0.15) is 5.60 Å². The van der Waals surface area contributed by atoms with Gasteiger partial charge in [0, 0.05) is 5.57 Å². The van der Waals surface area contributed by atoms with Crippen molar-refractivity contribution in [2.75, 3.05) is 0 Å². The molecule has 0 amide bonds. The predicted octanol–water partition coefficient (Wildman–Crippen LogP) is 3.01. The summed E-state index contributed by atoms with van der Waals surface area (Å²) < 4.78 is 11.8. The van der Waals surface area contributed by atoms with Gasteiger partial charge in [-0.3, -0.25) is 0 Å². The first-order chi connectivity index (χ1) is 7.90. The van der Waals surface area contributed by atoms with Crippen LogP contribution in [0.15, 0.2) is 24.3 Å². The molecule has 0 spiro atoms. The summed E-state index contributed by atoms with van der Waals surface area (Å²) in [5.74, 6) is -0.351. The van der Waals surface area contributed by atoms with Crippen molar-refractivity contribution in [3.63, 3.8) is 0 Å². The Labute approximate surface area is 109 Å². The van der Waals surface area contributed by atoms with Gasteiger partial charge >= 0.3 is 5.97 Å². The second kappa shape index (κ2) is 3.08. The lowest BCUT2D eigenvalue weighted by Crippen LogP contribution is -2.66. The highest BCUT2D eigenvalue weighted by molar-refractivity contribution is 5.94. The van der Waals surface area contributed by atoms with E-state index in [1.165, 1.54) is 0 Å². The van der Waals surface area contributed by atoms with Gasteiger partial charge in [-0.2, -0.15) is 0 Å². The van der Waals surface area contributed by atoms with Gasteiger partial charge in [-0.05, 0) is 47.1 Å². The normalized spacial score (nSPS) is 41.6. The number of ether oxygens (including phenoxy) is 2. The minimum Gasteiger partial charge on any atom is -0.450 e. The Morgan fingerprint density at radius 3 is 2.00 bits per heavy atom. The SMILES string of the molecule is C=C1C(C)(C)OC(C)(C)C2(C)C(=C)C(=O)OC12C. The molecule has 3 nitrogen and oxygen atoms in total. The van der Waals surface area contributed by atoms with E-state index in [1.807, 2.05) is 41.5 Å². The second-order valence-corrected chi connectivity index (χ2v) is 6.63. The Morgan fingerprint density at radius 1 is 1.00 bits per heavy atom. The fourth-order valence-electron chi connectivity index (χ4n) is 3.52. The minimum absolute atomic E-state index is 0.351. The van der Waals surface area contributed by atoms with Crippen LogP contribution in [0.5, 0.6) is 0 Å². The molecule has 2 saturated heterocycles. The molecule has 2 fully saturated rings. The molecule has 0 aromatic carbocycles. The molecule has 0 aliphatic carbocycles. The molecule has 2 aliphatic rings. The first-order valence-corrected chi connectivity index (χ1v) is 6.23. The zero-order chi connectivity index (χ0) is 14.1. The number of hydrogen-bond acceptors (Lipinski definition) is 3. The van der Waals surface area contributed by atoms with Gasteiger partial charge in [0.2, 0.25) is 0 Å². The Hall–Kier alpha value is -1.09. The van der Waals surface area contributed by atoms with Crippen LogP contribution in [0.3, 0.4) is 0 Å². The standard InChI is InChI=1S/C15H22O3/c1-9-11(16)17-15(8)10(2)12(3,4)18-13(5,6)14(9,15)7/h1-2H2,3-8H3. The van der Waals surface area contributed by atoms with Gasteiger partial charge in [0.05, 0.1) is 16.6 Å². The molecule has 3 heteroatoms. The predicted molar refractivity (Wildman–Crippen MR) is 70.1 cm³/mol. The molecule has 0 bridgehead atoms. The van der Waals surface area contributed by atoms with Gasteiger partial charge in [0.15, 0.2) is 0 Å². The van der Waals surface area contributed by atoms with Gasteiger partial charge in [0.25, 0.3) is 0 Å². The van der Waals surface area contributed by atoms with Crippen molar-refractivity contribution in [3.8, 4) is 0 Å². The maximum absolute atomic E-state index is 12.0. The maximum atomic E-state index is 12.0. The van der Waals surface area contributed by atoms with Crippen molar-refractivity contribution < 1.29 is 14.3 Å². The lowest BCUT2D eigenvalue weighted by Gasteiger charge is -2.59. The van der Waals surface area contributed by atoms with Crippen LogP contribution in [0, 0.1) is 5.41 Å². The highest BCUT2D eigenvalue weighted by Crippen LogP contribution is 2.63. The zero-order valence-corrected chi connectivity index (χ0v) is 12.1. The van der Waals surface area contributed by atoms with Crippen LogP contribution in [0.4, 0.5) is 0 Å². The van der Waals surface area contributed by atoms with Crippen molar-refractivity contribution in [1.29, 1.82) is 0 Å². The second-order valence-electron chi connectivity index (χ2n) is 6.63. The smallest absolute Gasteiger partial charge is 0.335 e. The monoisotopic (exact) mass is 250 g/mol. The summed E-state index contributed by atoms with van der Waals surface area (Å²) in [6.07, 6.45) is 0. The van der Waals surface area contributed by atoms with Crippen LogP contribution in [-0.2, 0) is 14.3 Å². The molecule has 2 atom stereocenters. The molecular weight excluding hydrogens is 228 g/mol. The summed E-state index contributed by atoms with van der Waals surface area (Å²) >= 11 is 0. The van der Waals surface area contributed by atoms with Crippen LogP contribution in [0.25, 0.3) is 0 Å². The Morgan fingerprint density at radius 2 is 1.50 bits per heavy atom. The highest BCUT2D eigenvalue weighted by atomic mass is 16.6. The first-order valence-electron chi connectivity index (χ1n) is 6.23. The molecule has 100 valence electrons. The molecular formula is C15H22O3. The zero-order valence-electron chi connectivity index (χ0n) is 12.1. The molecule has 2 aliphatic heterocycles. The summed E-state index contributed by atoms with van der Waals surface area (Å²) in [5, 5.41) is 0. The maximum Gasteiger partial charge on any atom is 0.335 e. The Bertz CT molecular complexity index is 472. The lowest BCUT2D eigenvalue weighted by atomic mass is 9.56. The van der Waals surface area contributed by atoms with E-state index in [-0.39, 0.29) is 5.97 Å². The number of rotatable bonds is 0. The number of hydrogen-bond donors (Lipinski definition) is 0. The Balaban J connectivity index is 2.73. The number of esters is 1. The summed E-state index contributed by atoms with van der Waals surface area (Å²) in [6, 6.07) is 0. The van der Waals surface area contributed by atoms with Crippen LogP contribution in [0.2, 0.25) is 0 Å². The van der Waals surface area contributed by atoms with Crippen molar-refractivity contribution in [1.82, 2.24) is 0 Å². The van der Waals surface area contributed by atoms with Crippen LogP contribution in [0.1, 0.15) is 41.5 Å². The minimum atomic E-state index is -0.771. The molecule has 0 saturated carbocycles. The summed E-state index contributed by atoms with van der Waals surface area (Å²) in [4.78, 5) is 12.0. The fraction of sp³-hybridized carbons (Fsp3) is 0.667. The number of fused-ring (bicyclic) bond motifs is 1. The number of carbonyl (C=O) groups is 1. The topological polar surface area (TPSA) is 35.5 Å². The first kappa shape index (κ1) is 13.3. The van der Waals surface area contributed by atoms with E-state index >= 15 is 0 Å². The fourth-order valence-corrected chi connectivity index (χ4v) is 3.52. The summed E-state index contributed by atoms with van der Waals surface area (Å²) in [7, 11) is 0. The largest absolute Gasteiger partial charge is 0.450 e. The van der Waals surface area contributed by atoms with Crippen molar-refractivity contribution in [2.24, 2.45) is 5.41 Å². The van der Waals surface area contributed by atoms with E-state index < -0.39 is 22.2 Å². The quantitative estimate of drug-likeness (QED) is 0.376. The molecule has 18 heavy (non-hydrogen) atoms. The van der Waals surface area contributed by atoms with Gasteiger partial charge in [-0.15, -0.1) is 0 Å². The molecule has 0 radical (unpaired) electrons. The average molecular weight is 250 g/mol. The molecule has 2 rings (SSSR count). The van der Waals surface area contributed by atoms with Gasteiger partial charge < -0.3 is 9.47 Å². The lowest BCUT2D eigenvalue weighted by molar-refractivity contribution is -0.230. The number of carbonyl (C=O) groups excluding carboxylic acids is 1. The van der Waals surface area contributed by atoms with E-state index in [9.17, 15) is 4.79 Å². The summed E-state index contributed by atoms with van der Waals surface area (Å²) in [5.41, 5.74) is -1.23. The van der Waals surface area contributed by atoms with Crippen LogP contribution >= 0.6 is 0 Å². The molecule has 0 aromatic heterocycles. The van der Waals surface area contributed by atoms with E-state index in [0.29, 0.717) is 5.57 Å². The third kappa shape index (κ3) is 1.16. The third-order valence-corrected chi connectivity index (χ3v) is 5.12. The Kier molecular flexibility index (Phi) is 2.28. The third-order valence-electron chi connectivity index (χ3n) is 5.12. The van der Waals surface area contributed by atoms with Gasteiger partial charge in [-0.1, -0.05) is 13.2 Å². The van der Waals surface area contributed by atoms with E-state index in [2.05, 4.69) is 13.2 Å². The molecule has 0 aromatic rings. The van der Waals surface area contributed by atoms with Gasteiger partial charge in [-0.25, -0.2) is 4.79 Å². The molecule has 0 N–H and O–H groups in total. The van der Waals surface area contributed by atoms with E-state index in [1.54, 1.807) is 0 Å². The van der Waals surface area contributed by atoms with Crippen LogP contribution in [-0.4, -0.2) is 22.8 Å². The van der Waals surface area contributed by atoms with E-state index in [4.69, 9.17) is 9.47 Å². The van der Waals surface area contributed by atoms with E-state index in [0.717, 1.165) is 5.57 Å².